The van der Waals surface area contributed by atoms with E-state index in [0.717, 1.165) is 54.0 Å². The van der Waals surface area contributed by atoms with Crippen molar-refractivity contribution in [2.75, 3.05) is 25.6 Å². The van der Waals surface area contributed by atoms with Crippen LogP contribution in [0.3, 0.4) is 0 Å². The minimum Gasteiger partial charge on any atom is -0.493 e. The van der Waals surface area contributed by atoms with Crippen molar-refractivity contribution >= 4 is 11.5 Å². The monoisotopic (exact) mass is 295 g/mol. The fourth-order valence-electron chi connectivity index (χ4n) is 2.73. The third-order valence-corrected chi connectivity index (χ3v) is 4.07. The van der Waals surface area contributed by atoms with Crippen LogP contribution in [-0.2, 0) is 6.42 Å². The van der Waals surface area contributed by atoms with E-state index in [0.29, 0.717) is 0 Å². The van der Waals surface area contributed by atoms with Crippen LogP contribution < -0.4 is 9.64 Å². The molecule has 0 spiro atoms. The van der Waals surface area contributed by atoms with E-state index in [4.69, 9.17) is 4.74 Å². The van der Waals surface area contributed by atoms with Gasteiger partial charge in [0.15, 0.2) is 5.78 Å². The third-order valence-electron chi connectivity index (χ3n) is 4.07. The number of anilines is 1. The molecule has 3 rings (SSSR count). The summed E-state index contributed by atoms with van der Waals surface area (Å²) in [4.78, 5) is 14.7. The second kappa shape index (κ2) is 6.22. The number of carbonyl (C=O) groups excluding carboxylic acids is 1. The van der Waals surface area contributed by atoms with Crippen molar-refractivity contribution in [3.05, 3.63) is 59.2 Å². The Morgan fingerprint density at radius 2 is 1.73 bits per heavy atom. The molecule has 2 aromatic rings. The van der Waals surface area contributed by atoms with E-state index in [2.05, 4.69) is 0 Å². The van der Waals surface area contributed by atoms with Crippen LogP contribution in [0.25, 0.3) is 0 Å². The van der Waals surface area contributed by atoms with E-state index in [1.165, 1.54) is 0 Å². The average Bonchev–Trinajstić information content (AvgIpc) is 2.78. The highest BCUT2D eigenvalue weighted by Crippen LogP contribution is 2.26. The maximum atomic E-state index is 12.6. The van der Waals surface area contributed by atoms with E-state index >= 15 is 0 Å². The Balaban J connectivity index is 1.87. The SMILES string of the molecule is CN(C)c1ccc(C(=O)c2ccc3c(c2)CCCCO3)cc1. The van der Waals surface area contributed by atoms with Gasteiger partial charge in [-0.2, -0.15) is 0 Å². The lowest BCUT2D eigenvalue weighted by atomic mass is 9.99. The molecule has 0 saturated carbocycles. The summed E-state index contributed by atoms with van der Waals surface area (Å²) in [5.74, 6) is 0.995. The topological polar surface area (TPSA) is 29.5 Å². The highest BCUT2D eigenvalue weighted by Gasteiger charge is 2.14. The molecule has 0 saturated heterocycles. The third kappa shape index (κ3) is 2.98. The Kier molecular flexibility index (Phi) is 4.14. The molecule has 0 bridgehead atoms. The lowest BCUT2D eigenvalue weighted by molar-refractivity contribution is 0.103. The van der Waals surface area contributed by atoms with Crippen LogP contribution in [-0.4, -0.2) is 26.5 Å². The molecule has 22 heavy (non-hydrogen) atoms. The molecule has 0 radical (unpaired) electrons. The van der Waals surface area contributed by atoms with Crippen LogP contribution in [0.1, 0.15) is 34.3 Å². The molecule has 0 atom stereocenters. The summed E-state index contributed by atoms with van der Waals surface area (Å²) >= 11 is 0. The van der Waals surface area contributed by atoms with E-state index in [9.17, 15) is 4.79 Å². The van der Waals surface area contributed by atoms with E-state index in [1.807, 2.05) is 61.5 Å². The van der Waals surface area contributed by atoms with Gasteiger partial charge in [-0.05, 0) is 67.3 Å². The van der Waals surface area contributed by atoms with Crippen LogP contribution in [0.4, 0.5) is 5.69 Å². The molecular formula is C19H21NO2. The summed E-state index contributed by atoms with van der Waals surface area (Å²) < 4.78 is 5.71. The first-order chi connectivity index (χ1) is 10.6. The molecule has 0 unspecified atom stereocenters. The highest BCUT2D eigenvalue weighted by atomic mass is 16.5. The quantitative estimate of drug-likeness (QED) is 0.809. The first kappa shape index (κ1) is 14.6. The lowest BCUT2D eigenvalue weighted by Gasteiger charge is -2.13. The predicted molar refractivity (Wildman–Crippen MR) is 89.1 cm³/mol. The minimum atomic E-state index is 0.0670. The van der Waals surface area contributed by atoms with Crippen molar-refractivity contribution in [1.29, 1.82) is 0 Å². The standard InChI is InChI=1S/C19H21NO2/c1-20(2)17-9-6-14(7-10-17)19(21)16-8-11-18-15(13-16)5-3-4-12-22-18/h6-11,13H,3-5,12H2,1-2H3. The highest BCUT2D eigenvalue weighted by molar-refractivity contribution is 6.09. The number of ketones is 1. The van der Waals surface area contributed by atoms with Gasteiger partial charge in [-0.15, -0.1) is 0 Å². The van der Waals surface area contributed by atoms with Gasteiger partial charge in [0.1, 0.15) is 5.75 Å². The van der Waals surface area contributed by atoms with Gasteiger partial charge in [0.2, 0.25) is 0 Å². The Labute approximate surface area is 131 Å². The molecule has 1 aliphatic heterocycles. The fourth-order valence-corrected chi connectivity index (χ4v) is 2.73. The Hall–Kier alpha value is -2.29. The van der Waals surface area contributed by atoms with Crippen LogP contribution in [0.15, 0.2) is 42.5 Å². The molecule has 0 fully saturated rings. The number of carbonyl (C=O) groups is 1. The molecule has 3 nitrogen and oxygen atoms in total. The van der Waals surface area contributed by atoms with Gasteiger partial charge in [0.25, 0.3) is 0 Å². The second-order valence-corrected chi connectivity index (χ2v) is 5.90. The maximum Gasteiger partial charge on any atom is 0.193 e. The number of ether oxygens (including phenoxy) is 1. The molecule has 114 valence electrons. The average molecular weight is 295 g/mol. The summed E-state index contributed by atoms with van der Waals surface area (Å²) in [6.07, 6.45) is 3.17. The largest absolute Gasteiger partial charge is 0.493 e. The molecule has 1 heterocycles. The zero-order valence-electron chi connectivity index (χ0n) is 13.1. The number of benzene rings is 2. The van der Waals surface area contributed by atoms with E-state index in [-0.39, 0.29) is 5.78 Å². The Morgan fingerprint density at radius 1 is 1.00 bits per heavy atom. The van der Waals surface area contributed by atoms with Crippen LogP contribution in [0.5, 0.6) is 5.75 Å². The zero-order valence-corrected chi connectivity index (χ0v) is 13.1. The Bertz CT molecular complexity index is 674. The van der Waals surface area contributed by atoms with Crippen LogP contribution >= 0.6 is 0 Å². The molecule has 2 aromatic carbocycles. The number of fused-ring (bicyclic) bond motifs is 1. The van der Waals surface area contributed by atoms with E-state index in [1.54, 1.807) is 0 Å². The van der Waals surface area contributed by atoms with Gasteiger partial charge in [-0.1, -0.05) is 0 Å². The van der Waals surface area contributed by atoms with Gasteiger partial charge >= 0.3 is 0 Å². The van der Waals surface area contributed by atoms with Crippen molar-refractivity contribution < 1.29 is 9.53 Å². The lowest BCUT2D eigenvalue weighted by Crippen LogP contribution is -2.09. The zero-order chi connectivity index (χ0) is 15.5. The molecule has 0 amide bonds. The summed E-state index contributed by atoms with van der Waals surface area (Å²) in [7, 11) is 3.98. The first-order valence-corrected chi connectivity index (χ1v) is 7.73. The first-order valence-electron chi connectivity index (χ1n) is 7.73. The number of nitrogens with zero attached hydrogens (tertiary/aromatic N) is 1. The maximum absolute atomic E-state index is 12.6. The van der Waals surface area contributed by atoms with Crippen molar-refractivity contribution in [2.45, 2.75) is 19.3 Å². The second-order valence-electron chi connectivity index (χ2n) is 5.90. The summed E-state index contributed by atoms with van der Waals surface area (Å²) in [6, 6.07) is 13.5. The van der Waals surface area contributed by atoms with Crippen molar-refractivity contribution in [2.24, 2.45) is 0 Å². The van der Waals surface area contributed by atoms with Gasteiger partial charge in [0.05, 0.1) is 6.61 Å². The molecule has 0 aliphatic carbocycles. The van der Waals surface area contributed by atoms with Gasteiger partial charge in [-0.3, -0.25) is 4.79 Å². The molecule has 3 heteroatoms. The Morgan fingerprint density at radius 3 is 2.45 bits per heavy atom. The number of aryl methyl sites for hydroxylation is 1. The van der Waals surface area contributed by atoms with Gasteiger partial charge in [0, 0.05) is 30.9 Å². The number of hydrogen-bond acceptors (Lipinski definition) is 3. The normalized spacial score (nSPS) is 13.7. The van der Waals surface area contributed by atoms with Crippen molar-refractivity contribution in [3.8, 4) is 5.75 Å². The minimum absolute atomic E-state index is 0.0670. The number of rotatable bonds is 3. The van der Waals surface area contributed by atoms with Gasteiger partial charge < -0.3 is 9.64 Å². The predicted octanol–water partition coefficient (Wildman–Crippen LogP) is 3.70. The smallest absolute Gasteiger partial charge is 0.193 e. The fraction of sp³-hybridized carbons (Fsp3) is 0.316. The molecule has 1 aliphatic rings. The summed E-state index contributed by atoms with van der Waals surface area (Å²) in [5, 5.41) is 0. The number of hydrogen-bond donors (Lipinski definition) is 0. The van der Waals surface area contributed by atoms with Crippen LogP contribution in [0.2, 0.25) is 0 Å². The van der Waals surface area contributed by atoms with Gasteiger partial charge in [-0.25, -0.2) is 0 Å². The molecule has 0 aromatic heterocycles. The van der Waals surface area contributed by atoms with Crippen molar-refractivity contribution in [3.63, 3.8) is 0 Å². The van der Waals surface area contributed by atoms with Crippen molar-refractivity contribution in [1.82, 2.24) is 0 Å². The molecule has 0 N–H and O–H groups in total. The van der Waals surface area contributed by atoms with Crippen LogP contribution in [0, 0.1) is 0 Å². The summed E-state index contributed by atoms with van der Waals surface area (Å²) in [6.45, 7) is 0.770. The van der Waals surface area contributed by atoms with E-state index < -0.39 is 0 Å². The summed E-state index contributed by atoms with van der Waals surface area (Å²) in [5.41, 5.74) is 3.70. The molecular weight excluding hydrogens is 274 g/mol.